The molecule has 0 saturated carbocycles. The number of para-hydroxylation sites is 1. The van der Waals surface area contributed by atoms with Crippen molar-refractivity contribution in [1.82, 2.24) is 15.2 Å². The molecule has 2 aromatic carbocycles. The number of nitrogens with one attached hydrogen (secondary N) is 2. The highest BCUT2D eigenvalue weighted by Gasteiger charge is 2.51. The number of aromatic amines is 1. The number of amides is 2. The molecule has 10 heteroatoms. The average Bonchev–Trinajstić information content (AvgIpc) is 3.61. The number of hydrogen-bond acceptors (Lipinski definition) is 7. The highest BCUT2D eigenvalue weighted by atomic mass is 16.5. The zero-order valence-corrected chi connectivity index (χ0v) is 23.7. The molecular weight excluding hydrogens is 538 g/mol. The number of aromatic nitrogens is 1. The Labute approximate surface area is 244 Å². The first-order chi connectivity index (χ1) is 20.4. The van der Waals surface area contributed by atoms with E-state index in [0.29, 0.717) is 41.0 Å². The molecule has 3 aromatic rings. The summed E-state index contributed by atoms with van der Waals surface area (Å²) in [5.41, 5.74) is 3.41. The zero-order chi connectivity index (χ0) is 29.8. The van der Waals surface area contributed by atoms with E-state index in [1.54, 1.807) is 29.2 Å². The first kappa shape index (κ1) is 29.4. The van der Waals surface area contributed by atoms with E-state index in [1.807, 2.05) is 37.3 Å². The number of allylic oxidation sites excluding steroid dienone is 1. The summed E-state index contributed by atoms with van der Waals surface area (Å²) in [6.07, 6.45) is 3.97. The summed E-state index contributed by atoms with van der Waals surface area (Å²) in [5.74, 6) is -0.651. The maximum absolute atomic E-state index is 13.5. The molecule has 0 radical (unpaired) electrons. The topological polar surface area (TPSA) is 144 Å². The Bertz CT molecular complexity index is 1480. The van der Waals surface area contributed by atoms with E-state index in [0.717, 1.165) is 16.6 Å². The van der Waals surface area contributed by atoms with Crippen LogP contribution in [0.4, 0.5) is 0 Å². The average molecular weight is 576 g/mol. The van der Waals surface area contributed by atoms with Gasteiger partial charge in [0.05, 0.1) is 32.3 Å². The molecule has 4 atom stereocenters. The maximum Gasteiger partial charge on any atom is 0.247 e. The molecule has 4 unspecified atom stereocenters. The number of methoxy groups -OCH3 is 1. The van der Waals surface area contributed by atoms with Gasteiger partial charge in [0.25, 0.3) is 0 Å². The SMILES string of the molecule is CCC=CC(=O)N(CCc1cc2ccccc2[nH]1)C1C=C(C(=O)NCCO)C2c3cc(CO)cc(OC)c3OC2C1O. The van der Waals surface area contributed by atoms with Crippen LogP contribution in [0.2, 0.25) is 0 Å². The zero-order valence-electron chi connectivity index (χ0n) is 23.7. The first-order valence-electron chi connectivity index (χ1n) is 14.2. The summed E-state index contributed by atoms with van der Waals surface area (Å²) in [5, 5.41) is 34.8. The maximum atomic E-state index is 13.5. The molecule has 1 aliphatic heterocycles. The lowest BCUT2D eigenvalue weighted by Crippen LogP contribution is -2.56. The number of carbonyl (C=O) groups excluding carboxylic acids is 2. The van der Waals surface area contributed by atoms with Crippen molar-refractivity contribution in [3.8, 4) is 11.5 Å². The lowest BCUT2D eigenvalue weighted by Gasteiger charge is -2.40. The van der Waals surface area contributed by atoms with Gasteiger partial charge >= 0.3 is 0 Å². The highest BCUT2D eigenvalue weighted by molar-refractivity contribution is 5.96. The molecule has 0 bridgehead atoms. The van der Waals surface area contributed by atoms with Crippen molar-refractivity contribution in [2.24, 2.45) is 0 Å². The second kappa shape index (κ2) is 12.8. The van der Waals surface area contributed by atoms with Gasteiger partial charge in [0, 0.05) is 41.9 Å². The Morgan fingerprint density at radius 3 is 2.71 bits per heavy atom. The standard InChI is InChI=1S/C32H37N3O7/c1-3-4-9-27(38)35(12-10-21-16-20-7-5-6-8-24(20)34-21)25-17-23(32(40)33-11-13-36)28-22-14-19(18-37)15-26(41-2)30(22)42-31(28)29(25)39/h4-9,14-17,25,28-29,31,34,36-37,39H,3,10-13,18H2,1-2H3,(H,33,40). The highest BCUT2D eigenvalue weighted by Crippen LogP contribution is 2.51. The van der Waals surface area contributed by atoms with Gasteiger partial charge in [0.15, 0.2) is 11.5 Å². The van der Waals surface area contributed by atoms with E-state index >= 15 is 0 Å². The van der Waals surface area contributed by atoms with Crippen LogP contribution in [0.1, 0.15) is 36.1 Å². The van der Waals surface area contributed by atoms with Gasteiger partial charge in [-0.15, -0.1) is 0 Å². The fraction of sp³-hybridized carbons (Fsp3) is 0.375. The summed E-state index contributed by atoms with van der Waals surface area (Å²) in [6.45, 7) is 1.75. The third-order valence-electron chi connectivity index (χ3n) is 7.84. The van der Waals surface area contributed by atoms with Crippen LogP contribution in [-0.2, 0) is 22.6 Å². The molecule has 2 amide bonds. The third-order valence-corrected chi connectivity index (χ3v) is 7.84. The number of aliphatic hydroxyl groups excluding tert-OH is 3. The third kappa shape index (κ3) is 5.65. The number of aliphatic hydroxyl groups is 3. The summed E-state index contributed by atoms with van der Waals surface area (Å²) in [6, 6.07) is 12.5. The number of carbonyl (C=O) groups is 2. The minimum Gasteiger partial charge on any atom is -0.493 e. The number of fused-ring (bicyclic) bond motifs is 4. The van der Waals surface area contributed by atoms with Gasteiger partial charge < -0.3 is 40.0 Å². The molecular formula is C32H37N3O7. The van der Waals surface area contributed by atoms with Gasteiger partial charge in [-0.2, -0.15) is 0 Å². The van der Waals surface area contributed by atoms with E-state index in [9.17, 15) is 24.9 Å². The lowest BCUT2D eigenvalue weighted by atomic mass is 9.77. The van der Waals surface area contributed by atoms with E-state index in [-0.39, 0.29) is 32.2 Å². The molecule has 0 saturated heterocycles. The van der Waals surface area contributed by atoms with Gasteiger partial charge in [-0.1, -0.05) is 31.2 Å². The second-order valence-electron chi connectivity index (χ2n) is 10.5. The molecule has 10 nitrogen and oxygen atoms in total. The van der Waals surface area contributed by atoms with Crippen molar-refractivity contribution in [3.05, 3.63) is 83.1 Å². The minimum absolute atomic E-state index is 0.0385. The molecule has 42 heavy (non-hydrogen) atoms. The Morgan fingerprint density at radius 1 is 1.19 bits per heavy atom. The van der Waals surface area contributed by atoms with Gasteiger partial charge in [-0.25, -0.2) is 0 Å². The van der Waals surface area contributed by atoms with Crippen molar-refractivity contribution >= 4 is 22.7 Å². The van der Waals surface area contributed by atoms with E-state index in [4.69, 9.17) is 9.47 Å². The van der Waals surface area contributed by atoms with E-state index in [2.05, 4.69) is 10.3 Å². The summed E-state index contributed by atoms with van der Waals surface area (Å²) < 4.78 is 11.8. The number of hydrogen-bond donors (Lipinski definition) is 5. The minimum atomic E-state index is -1.18. The van der Waals surface area contributed by atoms with Gasteiger partial charge in [0.1, 0.15) is 12.2 Å². The Hall–Kier alpha value is -4.12. The van der Waals surface area contributed by atoms with Gasteiger partial charge in [-0.05, 0) is 53.8 Å². The predicted molar refractivity (Wildman–Crippen MR) is 157 cm³/mol. The van der Waals surface area contributed by atoms with Gasteiger partial charge in [0.2, 0.25) is 11.8 Å². The molecule has 1 aliphatic carbocycles. The lowest BCUT2D eigenvalue weighted by molar-refractivity contribution is -0.132. The summed E-state index contributed by atoms with van der Waals surface area (Å²) >= 11 is 0. The van der Waals surface area contributed by atoms with Crippen LogP contribution in [-0.4, -0.2) is 82.1 Å². The van der Waals surface area contributed by atoms with Crippen LogP contribution in [0.15, 0.2) is 66.3 Å². The van der Waals surface area contributed by atoms with Crippen LogP contribution >= 0.6 is 0 Å². The van der Waals surface area contributed by atoms with Crippen LogP contribution in [0.3, 0.4) is 0 Å². The number of rotatable bonds is 11. The fourth-order valence-corrected chi connectivity index (χ4v) is 5.85. The largest absolute Gasteiger partial charge is 0.493 e. The number of benzene rings is 2. The Balaban J connectivity index is 1.54. The Morgan fingerprint density at radius 2 is 2.00 bits per heavy atom. The number of H-pyrrole nitrogens is 1. The second-order valence-corrected chi connectivity index (χ2v) is 10.5. The van der Waals surface area contributed by atoms with Crippen molar-refractivity contribution in [1.29, 1.82) is 0 Å². The number of ether oxygens (including phenoxy) is 2. The monoisotopic (exact) mass is 575 g/mol. The molecule has 1 aromatic heterocycles. The molecule has 222 valence electrons. The van der Waals surface area contributed by atoms with Crippen LogP contribution in [0, 0.1) is 0 Å². The van der Waals surface area contributed by atoms with E-state index < -0.39 is 30.1 Å². The molecule has 2 aliphatic rings. The predicted octanol–water partition coefficient (Wildman–Crippen LogP) is 2.33. The van der Waals surface area contributed by atoms with Crippen LogP contribution < -0.4 is 14.8 Å². The Kier molecular flexibility index (Phi) is 8.96. The molecule has 0 spiro atoms. The first-order valence-corrected chi connectivity index (χ1v) is 14.2. The van der Waals surface area contributed by atoms with Crippen LogP contribution in [0.25, 0.3) is 10.9 Å². The smallest absolute Gasteiger partial charge is 0.247 e. The van der Waals surface area contributed by atoms with Crippen molar-refractivity contribution < 1.29 is 34.4 Å². The molecule has 2 heterocycles. The van der Waals surface area contributed by atoms with Crippen molar-refractivity contribution in [2.75, 3.05) is 26.8 Å². The fourth-order valence-electron chi connectivity index (χ4n) is 5.85. The molecule has 0 fully saturated rings. The summed E-state index contributed by atoms with van der Waals surface area (Å²) in [7, 11) is 1.48. The number of nitrogens with zero attached hydrogens (tertiary/aromatic N) is 1. The normalized spacial score (nSPS) is 21.0. The summed E-state index contributed by atoms with van der Waals surface area (Å²) in [4.78, 5) is 32.0. The van der Waals surface area contributed by atoms with Crippen LogP contribution in [0.5, 0.6) is 11.5 Å². The van der Waals surface area contributed by atoms with E-state index in [1.165, 1.54) is 13.2 Å². The van der Waals surface area contributed by atoms with Gasteiger partial charge in [-0.3, -0.25) is 9.59 Å². The van der Waals surface area contributed by atoms with Crippen molar-refractivity contribution in [3.63, 3.8) is 0 Å². The molecule has 5 N–H and O–H groups in total. The molecule has 5 rings (SSSR count). The quantitative estimate of drug-likeness (QED) is 0.221. The van der Waals surface area contributed by atoms with Crippen molar-refractivity contribution in [2.45, 2.75) is 50.5 Å².